The first-order valence-corrected chi connectivity index (χ1v) is 4.51. The van der Waals surface area contributed by atoms with Crippen molar-refractivity contribution in [1.82, 2.24) is 0 Å². The molecule has 0 saturated heterocycles. The van der Waals surface area contributed by atoms with Crippen molar-refractivity contribution in [2.24, 2.45) is 0 Å². The van der Waals surface area contributed by atoms with Gasteiger partial charge in [0.15, 0.2) is 0 Å². The molecule has 0 aromatic heterocycles. The van der Waals surface area contributed by atoms with Crippen LogP contribution in [0.3, 0.4) is 0 Å². The predicted molar refractivity (Wildman–Crippen MR) is 53.4 cm³/mol. The van der Waals surface area contributed by atoms with Gasteiger partial charge in [-0.05, 0) is 25.0 Å². The number of aryl methyl sites for hydroxylation is 2. The fourth-order valence-electron chi connectivity index (χ4n) is 1.89. The van der Waals surface area contributed by atoms with Crippen molar-refractivity contribution in [3.63, 3.8) is 0 Å². The second-order valence-electron chi connectivity index (χ2n) is 3.65. The highest BCUT2D eigenvalue weighted by Gasteiger charge is 2.31. The summed E-state index contributed by atoms with van der Waals surface area (Å²) >= 11 is 0. The fourth-order valence-corrected chi connectivity index (χ4v) is 1.89. The number of benzene rings is 1. The molecule has 0 radical (unpaired) electrons. The monoisotopic (exact) mass is 189 g/mol. The van der Waals surface area contributed by atoms with Crippen LogP contribution in [-0.4, -0.2) is 12.2 Å². The zero-order chi connectivity index (χ0) is 10.3. The Kier molecular flexibility index (Phi) is 1.88. The van der Waals surface area contributed by atoms with Gasteiger partial charge >= 0.3 is 0 Å². The van der Waals surface area contributed by atoms with Crippen molar-refractivity contribution in [2.45, 2.75) is 19.8 Å². The Morgan fingerprint density at radius 1 is 1.36 bits per heavy atom. The van der Waals surface area contributed by atoms with Gasteiger partial charge in [-0.25, -0.2) is 0 Å². The molecule has 1 aliphatic heterocycles. The minimum absolute atomic E-state index is 0.219. The number of carbonyl (C=O) groups excluding carboxylic acids is 2. The van der Waals surface area contributed by atoms with Gasteiger partial charge in [0.1, 0.15) is 12.2 Å². The molecule has 0 bridgehead atoms. The number of rotatable bonds is 1. The summed E-state index contributed by atoms with van der Waals surface area (Å²) in [6.45, 7) is 3.89. The van der Waals surface area contributed by atoms with Crippen molar-refractivity contribution in [1.29, 1.82) is 0 Å². The molecular weight excluding hydrogens is 178 g/mol. The minimum Gasteiger partial charge on any atom is -0.325 e. The average Bonchev–Trinajstić information content (AvgIpc) is 2.41. The molecule has 1 aromatic carbocycles. The molecule has 14 heavy (non-hydrogen) atoms. The molecule has 0 aliphatic carbocycles. The van der Waals surface area contributed by atoms with E-state index < -0.39 is 5.92 Å². The van der Waals surface area contributed by atoms with Gasteiger partial charge in [-0.2, -0.15) is 0 Å². The third kappa shape index (κ3) is 1.13. The second-order valence-corrected chi connectivity index (χ2v) is 3.65. The van der Waals surface area contributed by atoms with E-state index >= 15 is 0 Å². The standard InChI is InChI=1S/C11H11NO2/c1-6-3-7(2)10-8(4-6)9(5-13)11(14)12-10/h3-5,9H,1-2H3,(H,12,14). The highest BCUT2D eigenvalue weighted by atomic mass is 16.2. The highest BCUT2D eigenvalue weighted by molar-refractivity contribution is 6.12. The van der Waals surface area contributed by atoms with Gasteiger partial charge in [0.2, 0.25) is 5.91 Å². The molecule has 0 spiro atoms. The van der Waals surface area contributed by atoms with Gasteiger partial charge in [-0.1, -0.05) is 17.7 Å². The minimum atomic E-state index is -0.622. The quantitative estimate of drug-likeness (QED) is 0.538. The number of carbonyl (C=O) groups is 2. The Labute approximate surface area is 82.1 Å². The van der Waals surface area contributed by atoms with Crippen LogP contribution in [0.4, 0.5) is 5.69 Å². The van der Waals surface area contributed by atoms with Crippen LogP contribution in [0.1, 0.15) is 22.6 Å². The molecule has 1 heterocycles. The maximum Gasteiger partial charge on any atom is 0.239 e. The molecule has 0 saturated carbocycles. The van der Waals surface area contributed by atoms with Gasteiger partial charge in [0.25, 0.3) is 0 Å². The zero-order valence-corrected chi connectivity index (χ0v) is 8.13. The summed E-state index contributed by atoms with van der Waals surface area (Å²) in [6, 6.07) is 3.88. The summed E-state index contributed by atoms with van der Waals surface area (Å²) in [6.07, 6.45) is 0.694. The van der Waals surface area contributed by atoms with E-state index in [1.54, 1.807) is 0 Å². The maximum atomic E-state index is 11.4. The molecular formula is C11H11NO2. The SMILES string of the molecule is Cc1cc(C)c2c(c1)C(C=O)C(=O)N2. The number of hydrogen-bond donors (Lipinski definition) is 1. The molecule has 2 rings (SSSR count). The van der Waals surface area contributed by atoms with Crippen molar-refractivity contribution < 1.29 is 9.59 Å². The summed E-state index contributed by atoms with van der Waals surface area (Å²) in [5, 5.41) is 2.72. The van der Waals surface area contributed by atoms with Crippen LogP contribution in [-0.2, 0) is 9.59 Å². The van der Waals surface area contributed by atoms with Gasteiger partial charge in [-0.3, -0.25) is 4.79 Å². The summed E-state index contributed by atoms with van der Waals surface area (Å²) in [5.74, 6) is -0.840. The number of amides is 1. The predicted octanol–water partition coefficient (Wildman–Crippen LogP) is 1.54. The van der Waals surface area contributed by atoms with Gasteiger partial charge in [0.05, 0.1) is 0 Å². The molecule has 1 aromatic rings. The lowest BCUT2D eigenvalue weighted by atomic mass is 9.98. The fraction of sp³-hybridized carbons (Fsp3) is 0.273. The van der Waals surface area contributed by atoms with Crippen LogP contribution >= 0.6 is 0 Å². The molecule has 1 aliphatic rings. The highest BCUT2D eigenvalue weighted by Crippen LogP contribution is 2.34. The Bertz CT molecular complexity index is 424. The van der Waals surface area contributed by atoms with E-state index in [4.69, 9.17) is 0 Å². The van der Waals surface area contributed by atoms with Crippen molar-refractivity contribution in [2.75, 3.05) is 5.32 Å². The van der Waals surface area contributed by atoms with Crippen LogP contribution < -0.4 is 5.32 Å². The average molecular weight is 189 g/mol. The third-order valence-corrected chi connectivity index (χ3v) is 2.51. The Hall–Kier alpha value is -1.64. The van der Waals surface area contributed by atoms with E-state index in [1.165, 1.54) is 0 Å². The molecule has 1 N–H and O–H groups in total. The van der Waals surface area contributed by atoms with Crippen LogP contribution in [0.25, 0.3) is 0 Å². The largest absolute Gasteiger partial charge is 0.325 e. The van der Waals surface area contributed by atoms with Gasteiger partial charge < -0.3 is 10.1 Å². The second kappa shape index (κ2) is 2.94. The Balaban J connectivity index is 2.64. The first-order valence-electron chi connectivity index (χ1n) is 4.51. The third-order valence-electron chi connectivity index (χ3n) is 2.51. The lowest BCUT2D eigenvalue weighted by molar-refractivity contribution is -0.121. The van der Waals surface area contributed by atoms with Crippen LogP contribution in [0, 0.1) is 13.8 Å². The van der Waals surface area contributed by atoms with E-state index in [9.17, 15) is 9.59 Å². The molecule has 3 nitrogen and oxygen atoms in total. The Morgan fingerprint density at radius 2 is 2.07 bits per heavy atom. The lowest BCUT2D eigenvalue weighted by Gasteiger charge is -2.05. The van der Waals surface area contributed by atoms with Crippen LogP contribution in [0.5, 0.6) is 0 Å². The van der Waals surface area contributed by atoms with Crippen molar-refractivity contribution >= 4 is 17.9 Å². The first-order chi connectivity index (χ1) is 6.63. The number of fused-ring (bicyclic) bond motifs is 1. The van der Waals surface area contributed by atoms with E-state index in [1.807, 2.05) is 26.0 Å². The molecule has 1 amide bonds. The summed E-state index contributed by atoms with van der Waals surface area (Å²) in [7, 11) is 0. The Morgan fingerprint density at radius 3 is 2.71 bits per heavy atom. The molecule has 3 heteroatoms. The summed E-state index contributed by atoms with van der Waals surface area (Å²) < 4.78 is 0. The van der Waals surface area contributed by atoms with Crippen LogP contribution in [0.2, 0.25) is 0 Å². The maximum absolute atomic E-state index is 11.4. The van der Waals surface area contributed by atoms with Gasteiger partial charge in [0, 0.05) is 5.69 Å². The number of aldehydes is 1. The van der Waals surface area contributed by atoms with E-state index in [-0.39, 0.29) is 5.91 Å². The molecule has 1 atom stereocenters. The smallest absolute Gasteiger partial charge is 0.239 e. The molecule has 1 unspecified atom stereocenters. The number of anilines is 1. The van der Waals surface area contributed by atoms with E-state index in [2.05, 4.69) is 5.32 Å². The van der Waals surface area contributed by atoms with Crippen LogP contribution in [0.15, 0.2) is 12.1 Å². The van der Waals surface area contributed by atoms with Gasteiger partial charge in [-0.15, -0.1) is 0 Å². The number of hydrogen-bond acceptors (Lipinski definition) is 2. The normalized spacial score (nSPS) is 19.0. The van der Waals surface area contributed by atoms with Crippen molar-refractivity contribution in [3.8, 4) is 0 Å². The summed E-state index contributed by atoms with van der Waals surface area (Å²) in [5.41, 5.74) is 3.70. The summed E-state index contributed by atoms with van der Waals surface area (Å²) in [4.78, 5) is 22.1. The van der Waals surface area contributed by atoms with E-state index in [0.717, 1.165) is 22.4 Å². The van der Waals surface area contributed by atoms with E-state index in [0.29, 0.717) is 6.29 Å². The number of nitrogens with one attached hydrogen (secondary N) is 1. The van der Waals surface area contributed by atoms with Crippen molar-refractivity contribution in [3.05, 3.63) is 28.8 Å². The molecule has 72 valence electrons. The lowest BCUT2D eigenvalue weighted by Crippen LogP contribution is -2.12. The zero-order valence-electron chi connectivity index (χ0n) is 8.13. The molecule has 0 fully saturated rings. The first kappa shape index (κ1) is 8.94. The topological polar surface area (TPSA) is 46.2 Å².